The van der Waals surface area contributed by atoms with Gasteiger partial charge in [0.05, 0.1) is 0 Å². The van der Waals surface area contributed by atoms with E-state index in [-0.39, 0.29) is 29.8 Å². The number of carbonyl (C=O) groups is 3. The Hall–Kier alpha value is -2.53. The Labute approximate surface area is 194 Å². The monoisotopic (exact) mass is 538 g/mol. The summed E-state index contributed by atoms with van der Waals surface area (Å²) in [4.78, 5) is 36.1. The lowest BCUT2D eigenvalue weighted by Crippen LogP contribution is -2.48. The van der Waals surface area contributed by atoms with Crippen molar-refractivity contribution in [3.63, 3.8) is 0 Å². The van der Waals surface area contributed by atoms with Gasteiger partial charge in [0.2, 0.25) is 11.8 Å². The Kier molecular flexibility index (Phi) is 8.72. The fourth-order valence-electron chi connectivity index (χ4n) is 2.40. The molecule has 30 heavy (non-hydrogen) atoms. The Balaban J connectivity index is 1.72. The van der Waals surface area contributed by atoms with Crippen molar-refractivity contribution >= 4 is 63.3 Å². The summed E-state index contributed by atoms with van der Waals surface area (Å²) in [6.07, 6.45) is -0.0161. The van der Waals surface area contributed by atoms with E-state index in [0.29, 0.717) is 11.3 Å². The van der Waals surface area contributed by atoms with Gasteiger partial charge in [-0.1, -0.05) is 12.1 Å². The van der Waals surface area contributed by atoms with Crippen LogP contribution >= 0.6 is 34.8 Å². The lowest BCUT2D eigenvalue weighted by atomic mass is 10.1. The van der Waals surface area contributed by atoms with E-state index in [4.69, 9.17) is 12.2 Å². The summed E-state index contributed by atoms with van der Waals surface area (Å²) in [5, 5.41) is 5.21. The van der Waals surface area contributed by atoms with Crippen molar-refractivity contribution in [2.24, 2.45) is 0 Å². The van der Waals surface area contributed by atoms with Gasteiger partial charge in [0.15, 0.2) is 5.11 Å². The first kappa shape index (κ1) is 23.7. The van der Waals surface area contributed by atoms with Crippen LogP contribution in [0.15, 0.2) is 36.4 Å². The van der Waals surface area contributed by atoms with E-state index in [2.05, 4.69) is 44.1 Å². The van der Waals surface area contributed by atoms with Crippen LogP contribution in [0.4, 0.5) is 5.69 Å². The number of hydrazine groups is 1. The molecule has 0 radical (unpaired) electrons. The number of amides is 3. The van der Waals surface area contributed by atoms with Gasteiger partial charge >= 0.3 is 0 Å². The Morgan fingerprint density at radius 1 is 0.867 bits per heavy atom. The van der Waals surface area contributed by atoms with Gasteiger partial charge in [0, 0.05) is 27.7 Å². The lowest BCUT2D eigenvalue weighted by molar-refractivity contribution is -0.124. The van der Waals surface area contributed by atoms with Gasteiger partial charge < -0.3 is 5.32 Å². The third-order valence-electron chi connectivity index (χ3n) is 4.35. The van der Waals surface area contributed by atoms with Gasteiger partial charge in [-0.2, -0.15) is 0 Å². The number of benzene rings is 2. The van der Waals surface area contributed by atoms with E-state index in [1.165, 1.54) is 0 Å². The first-order valence-corrected chi connectivity index (χ1v) is 10.7. The standard InChI is InChI=1S/C21H23IN4O3S/c1-12-5-7-16(10-14(12)3)23-18(27)8-9-19(28)25-26-21(30)24-20(29)15-6-4-13(2)17(22)11-15/h4-7,10-11H,8-9H2,1-3H3,(H,23,27)(H,25,28)(H2,24,26,29,30). The zero-order chi connectivity index (χ0) is 22.3. The van der Waals surface area contributed by atoms with Gasteiger partial charge in [0.1, 0.15) is 0 Å². The smallest absolute Gasteiger partial charge is 0.257 e. The molecule has 7 nitrogen and oxygen atoms in total. The minimum atomic E-state index is -0.424. The molecule has 9 heteroatoms. The fourth-order valence-corrected chi connectivity index (χ4v) is 3.06. The van der Waals surface area contributed by atoms with E-state index >= 15 is 0 Å². The maximum Gasteiger partial charge on any atom is 0.257 e. The molecule has 0 spiro atoms. The van der Waals surface area contributed by atoms with Gasteiger partial charge in [-0.3, -0.25) is 30.6 Å². The summed E-state index contributed by atoms with van der Waals surface area (Å²) in [6, 6.07) is 10.9. The number of carbonyl (C=O) groups excluding carboxylic acids is 3. The highest BCUT2D eigenvalue weighted by molar-refractivity contribution is 14.1. The Morgan fingerprint density at radius 3 is 2.20 bits per heavy atom. The minimum absolute atomic E-state index is 0.0152. The quantitative estimate of drug-likeness (QED) is 0.266. The average Bonchev–Trinajstić information content (AvgIpc) is 2.69. The van der Waals surface area contributed by atoms with E-state index in [0.717, 1.165) is 20.3 Å². The summed E-state index contributed by atoms with van der Waals surface area (Å²) in [6.45, 7) is 5.91. The van der Waals surface area contributed by atoms with Crippen LogP contribution in [0.25, 0.3) is 0 Å². The molecular weight excluding hydrogens is 515 g/mol. The molecule has 2 aromatic carbocycles. The number of hydrogen-bond donors (Lipinski definition) is 4. The van der Waals surface area contributed by atoms with E-state index in [9.17, 15) is 14.4 Å². The van der Waals surface area contributed by atoms with Gasteiger partial charge in [-0.25, -0.2) is 0 Å². The molecule has 0 saturated carbocycles. The second-order valence-corrected chi connectivity index (χ2v) is 8.34. The number of rotatable bonds is 5. The van der Waals surface area contributed by atoms with Crippen molar-refractivity contribution in [3.05, 3.63) is 62.2 Å². The highest BCUT2D eigenvalue weighted by atomic mass is 127. The van der Waals surface area contributed by atoms with Crippen LogP contribution in [0.2, 0.25) is 0 Å². The highest BCUT2D eigenvalue weighted by Crippen LogP contribution is 2.15. The topological polar surface area (TPSA) is 99.3 Å². The number of thiocarbonyl (C=S) groups is 1. The van der Waals surface area contributed by atoms with Crippen LogP contribution in [0, 0.1) is 24.3 Å². The average molecular weight is 538 g/mol. The molecule has 0 unspecified atom stereocenters. The van der Waals surface area contributed by atoms with E-state index in [1.807, 2.05) is 45.0 Å². The molecule has 158 valence electrons. The summed E-state index contributed by atoms with van der Waals surface area (Å²) >= 11 is 7.16. The largest absolute Gasteiger partial charge is 0.326 e. The highest BCUT2D eigenvalue weighted by Gasteiger charge is 2.11. The molecule has 3 amide bonds. The number of hydrogen-bond acceptors (Lipinski definition) is 4. The maximum absolute atomic E-state index is 12.2. The first-order valence-electron chi connectivity index (χ1n) is 9.19. The Bertz CT molecular complexity index is 994. The van der Waals surface area contributed by atoms with Crippen LogP contribution in [0.5, 0.6) is 0 Å². The zero-order valence-corrected chi connectivity index (χ0v) is 19.9. The molecule has 0 aliphatic carbocycles. The molecular formula is C21H23IN4O3S. The number of anilines is 1. The van der Waals surface area contributed by atoms with E-state index < -0.39 is 5.91 Å². The summed E-state index contributed by atoms with van der Waals surface area (Å²) in [5.41, 5.74) is 9.27. The molecule has 0 heterocycles. The minimum Gasteiger partial charge on any atom is -0.326 e. The SMILES string of the molecule is Cc1ccc(NC(=O)CCC(=O)NNC(=S)NC(=O)c2ccc(C)c(I)c2)cc1C. The molecule has 4 N–H and O–H groups in total. The van der Waals surface area contributed by atoms with Crippen LogP contribution in [-0.4, -0.2) is 22.8 Å². The fraction of sp³-hybridized carbons (Fsp3) is 0.238. The summed E-state index contributed by atoms with van der Waals surface area (Å²) in [7, 11) is 0. The van der Waals surface area contributed by atoms with Gasteiger partial charge in [-0.05, 0) is 96.5 Å². The van der Waals surface area contributed by atoms with Gasteiger partial charge in [-0.15, -0.1) is 0 Å². The van der Waals surface area contributed by atoms with Crippen molar-refractivity contribution in [1.29, 1.82) is 0 Å². The molecule has 0 bridgehead atoms. The predicted molar refractivity (Wildman–Crippen MR) is 129 cm³/mol. The lowest BCUT2D eigenvalue weighted by Gasteiger charge is -2.11. The van der Waals surface area contributed by atoms with Crippen LogP contribution in [-0.2, 0) is 9.59 Å². The third kappa shape index (κ3) is 7.38. The molecule has 0 aromatic heterocycles. The second kappa shape index (κ2) is 11.0. The summed E-state index contributed by atoms with van der Waals surface area (Å²) in [5.74, 6) is -1.07. The molecule has 0 aliphatic rings. The molecule has 0 aliphatic heterocycles. The van der Waals surface area contributed by atoms with E-state index in [1.54, 1.807) is 12.1 Å². The first-order chi connectivity index (χ1) is 14.2. The van der Waals surface area contributed by atoms with Gasteiger partial charge in [0.25, 0.3) is 5.91 Å². The molecule has 2 aromatic rings. The Morgan fingerprint density at radius 2 is 1.53 bits per heavy atom. The van der Waals surface area contributed by atoms with Crippen LogP contribution in [0.3, 0.4) is 0 Å². The second-order valence-electron chi connectivity index (χ2n) is 6.77. The van der Waals surface area contributed by atoms with Crippen molar-refractivity contribution in [3.8, 4) is 0 Å². The van der Waals surface area contributed by atoms with Crippen molar-refractivity contribution < 1.29 is 14.4 Å². The molecule has 2 rings (SSSR count). The number of halogens is 1. The number of aryl methyl sites for hydroxylation is 3. The molecule has 0 fully saturated rings. The van der Waals surface area contributed by atoms with Crippen molar-refractivity contribution in [2.45, 2.75) is 33.6 Å². The zero-order valence-electron chi connectivity index (χ0n) is 16.9. The number of nitrogens with one attached hydrogen (secondary N) is 4. The van der Waals surface area contributed by atoms with Crippen LogP contribution in [0.1, 0.15) is 39.9 Å². The molecule has 0 saturated heterocycles. The maximum atomic E-state index is 12.2. The van der Waals surface area contributed by atoms with Crippen molar-refractivity contribution in [1.82, 2.24) is 16.2 Å². The van der Waals surface area contributed by atoms with Crippen molar-refractivity contribution in [2.75, 3.05) is 5.32 Å². The van der Waals surface area contributed by atoms with Crippen LogP contribution < -0.4 is 21.5 Å². The predicted octanol–water partition coefficient (Wildman–Crippen LogP) is 3.27. The summed E-state index contributed by atoms with van der Waals surface area (Å²) < 4.78 is 0.964. The normalized spacial score (nSPS) is 10.1. The molecule has 0 atom stereocenters. The third-order valence-corrected chi connectivity index (χ3v) is 5.71.